The van der Waals surface area contributed by atoms with Gasteiger partial charge in [0.15, 0.2) is 0 Å². The molecule has 15 heavy (non-hydrogen) atoms. The average molecular weight is 203 g/mol. The van der Waals surface area contributed by atoms with Crippen molar-refractivity contribution in [2.45, 2.75) is 38.8 Å². The molecular weight excluding hydrogens is 182 g/mol. The summed E-state index contributed by atoms with van der Waals surface area (Å²) in [6.45, 7) is 7.06. The monoisotopic (exact) mass is 203 g/mol. The van der Waals surface area contributed by atoms with Crippen molar-refractivity contribution < 1.29 is 0 Å². The minimum Gasteiger partial charge on any atom is -0.294 e. The maximum Gasteiger partial charge on any atom is 0.0353 e. The smallest absolute Gasteiger partial charge is 0.0353 e. The van der Waals surface area contributed by atoms with E-state index >= 15 is 0 Å². The molecule has 0 aliphatic carbocycles. The molecule has 1 aliphatic rings. The second kappa shape index (κ2) is 3.64. The minimum atomic E-state index is 0.320. The number of rotatable bonds is 1. The Kier molecular flexibility index (Phi) is 2.59. The summed E-state index contributed by atoms with van der Waals surface area (Å²) in [5.74, 6) is 0.757. The molecule has 0 amide bonds. The van der Waals surface area contributed by atoms with Crippen LogP contribution in [-0.2, 0) is 0 Å². The van der Waals surface area contributed by atoms with E-state index in [1.54, 1.807) is 0 Å². The summed E-state index contributed by atoms with van der Waals surface area (Å²) in [6, 6.07) is 11.5. The quantitative estimate of drug-likeness (QED) is 0.675. The van der Waals surface area contributed by atoms with Crippen molar-refractivity contribution in [3.8, 4) is 0 Å². The molecule has 0 aromatic heterocycles. The molecule has 0 spiro atoms. The van der Waals surface area contributed by atoms with E-state index in [9.17, 15) is 0 Å². The molecule has 1 heterocycles. The van der Waals surface area contributed by atoms with E-state index in [2.05, 4.69) is 63.1 Å². The fraction of sp³-hybridized carbons (Fsp3) is 0.571. The van der Waals surface area contributed by atoms with Crippen LogP contribution in [0.1, 0.15) is 38.8 Å². The van der Waals surface area contributed by atoms with Gasteiger partial charge in [-0.2, -0.15) is 0 Å². The average Bonchev–Trinajstić information content (AvgIpc) is 2.44. The third-order valence-electron chi connectivity index (χ3n) is 4.34. The fourth-order valence-electron chi connectivity index (χ4n) is 2.57. The lowest BCUT2D eigenvalue weighted by atomic mass is 9.90. The van der Waals surface area contributed by atoms with Gasteiger partial charge in [-0.1, -0.05) is 37.3 Å². The molecule has 82 valence electrons. The van der Waals surface area contributed by atoms with Crippen LogP contribution in [0, 0.1) is 5.92 Å². The second-order valence-corrected chi connectivity index (χ2v) is 5.33. The molecule has 2 unspecified atom stereocenters. The number of hydrogen-bond acceptors (Lipinski definition) is 1. The van der Waals surface area contributed by atoms with Gasteiger partial charge < -0.3 is 0 Å². The molecule has 1 aromatic rings. The molecule has 1 saturated heterocycles. The van der Waals surface area contributed by atoms with Crippen LogP contribution in [0.4, 0.5) is 0 Å². The summed E-state index contributed by atoms with van der Waals surface area (Å²) in [4.78, 5) is 2.52. The molecule has 1 fully saturated rings. The van der Waals surface area contributed by atoms with Gasteiger partial charge in [-0.3, -0.25) is 4.90 Å². The Morgan fingerprint density at radius 3 is 2.27 bits per heavy atom. The Hall–Kier alpha value is -0.820. The van der Waals surface area contributed by atoms with Crippen LogP contribution < -0.4 is 0 Å². The molecule has 1 aromatic carbocycles. The second-order valence-electron chi connectivity index (χ2n) is 5.33. The summed E-state index contributed by atoms with van der Waals surface area (Å²) >= 11 is 0. The maximum absolute atomic E-state index is 2.52. The van der Waals surface area contributed by atoms with Crippen molar-refractivity contribution in [3.05, 3.63) is 35.9 Å². The summed E-state index contributed by atoms with van der Waals surface area (Å²) in [5.41, 5.74) is 1.78. The van der Waals surface area contributed by atoms with E-state index in [0.29, 0.717) is 11.6 Å². The Labute approximate surface area is 93.1 Å². The van der Waals surface area contributed by atoms with Crippen LogP contribution in [0.3, 0.4) is 0 Å². The molecule has 1 aliphatic heterocycles. The van der Waals surface area contributed by atoms with Gasteiger partial charge in [-0.15, -0.1) is 0 Å². The highest BCUT2D eigenvalue weighted by Gasteiger charge is 2.42. The molecule has 2 rings (SSSR count). The summed E-state index contributed by atoms with van der Waals surface area (Å²) in [6.07, 6.45) is 1.27. The molecule has 1 nitrogen and oxygen atoms in total. The molecule has 2 atom stereocenters. The lowest BCUT2D eigenvalue weighted by Gasteiger charge is -2.34. The van der Waals surface area contributed by atoms with Gasteiger partial charge in [0.05, 0.1) is 0 Å². The number of hydrogen-bond donors (Lipinski definition) is 0. The zero-order valence-electron chi connectivity index (χ0n) is 10.2. The predicted octanol–water partition coefficient (Wildman–Crippen LogP) is 3.48. The van der Waals surface area contributed by atoms with Gasteiger partial charge >= 0.3 is 0 Å². The Morgan fingerprint density at radius 1 is 1.20 bits per heavy atom. The van der Waals surface area contributed by atoms with Gasteiger partial charge in [0.25, 0.3) is 0 Å². The predicted molar refractivity (Wildman–Crippen MR) is 64.8 cm³/mol. The molecule has 0 saturated carbocycles. The zero-order chi connectivity index (χ0) is 11.1. The van der Waals surface area contributed by atoms with Crippen molar-refractivity contribution in [2.24, 2.45) is 5.92 Å². The first-order chi connectivity index (χ1) is 7.03. The molecule has 1 heteroatoms. The van der Waals surface area contributed by atoms with E-state index in [-0.39, 0.29) is 0 Å². The largest absolute Gasteiger partial charge is 0.294 e. The number of benzene rings is 1. The summed E-state index contributed by atoms with van der Waals surface area (Å²) in [7, 11) is 2.25. The highest BCUT2D eigenvalue weighted by atomic mass is 15.2. The van der Waals surface area contributed by atoms with Gasteiger partial charge in [0.2, 0.25) is 0 Å². The maximum atomic E-state index is 2.52. The van der Waals surface area contributed by atoms with E-state index in [0.717, 1.165) is 5.92 Å². The Morgan fingerprint density at radius 2 is 1.80 bits per heavy atom. The first kappa shape index (κ1) is 10.7. The lowest BCUT2D eigenvalue weighted by Crippen LogP contribution is -2.39. The molecule has 0 radical (unpaired) electrons. The minimum absolute atomic E-state index is 0.320. The van der Waals surface area contributed by atoms with Crippen LogP contribution >= 0.6 is 0 Å². The zero-order valence-corrected chi connectivity index (χ0v) is 10.2. The number of likely N-dealkylation sites (tertiary alicyclic amines) is 1. The third kappa shape index (κ3) is 1.69. The van der Waals surface area contributed by atoms with Crippen LogP contribution in [-0.4, -0.2) is 17.5 Å². The number of nitrogens with zero attached hydrogens (tertiary/aromatic N) is 1. The summed E-state index contributed by atoms with van der Waals surface area (Å²) < 4.78 is 0. The lowest BCUT2D eigenvalue weighted by molar-refractivity contribution is 0.146. The molecule has 0 N–H and O–H groups in total. The SMILES string of the molecule is CC1CC(c2ccccc2)N(C)C1(C)C. The van der Waals surface area contributed by atoms with Crippen LogP contribution in [0.5, 0.6) is 0 Å². The highest BCUT2D eigenvalue weighted by molar-refractivity contribution is 5.21. The van der Waals surface area contributed by atoms with E-state index in [4.69, 9.17) is 0 Å². The van der Waals surface area contributed by atoms with Gasteiger partial charge in [0.1, 0.15) is 0 Å². The van der Waals surface area contributed by atoms with Crippen molar-refractivity contribution in [2.75, 3.05) is 7.05 Å². The fourth-order valence-corrected chi connectivity index (χ4v) is 2.57. The topological polar surface area (TPSA) is 3.24 Å². The Bertz CT molecular complexity index is 328. The van der Waals surface area contributed by atoms with Gasteiger partial charge in [0, 0.05) is 11.6 Å². The van der Waals surface area contributed by atoms with Gasteiger partial charge in [-0.05, 0) is 38.8 Å². The van der Waals surface area contributed by atoms with Crippen LogP contribution in [0.15, 0.2) is 30.3 Å². The van der Waals surface area contributed by atoms with E-state index in [1.807, 2.05) is 0 Å². The summed E-state index contributed by atoms with van der Waals surface area (Å²) in [5, 5.41) is 0. The normalized spacial score (nSPS) is 30.7. The van der Waals surface area contributed by atoms with Crippen molar-refractivity contribution in [1.82, 2.24) is 4.90 Å². The third-order valence-corrected chi connectivity index (χ3v) is 4.34. The van der Waals surface area contributed by atoms with E-state index in [1.165, 1.54) is 12.0 Å². The van der Waals surface area contributed by atoms with Crippen molar-refractivity contribution >= 4 is 0 Å². The molecule has 0 bridgehead atoms. The van der Waals surface area contributed by atoms with Crippen molar-refractivity contribution in [3.63, 3.8) is 0 Å². The first-order valence-corrected chi connectivity index (χ1v) is 5.81. The standard InChI is InChI=1S/C14H21N/c1-11-10-13(15(4)14(11,2)3)12-8-6-5-7-9-12/h5-9,11,13H,10H2,1-4H3. The van der Waals surface area contributed by atoms with E-state index < -0.39 is 0 Å². The van der Waals surface area contributed by atoms with Crippen molar-refractivity contribution in [1.29, 1.82) is 0 Å². The van der Waals surface area contributed by atoms with Crippen LogP contribution in [0.25, 0.3) is 0 Å². The highest BCUT2D eigenvalue weighted by Crippen LogP contribution is 2.44. The Balaban J connectivity index is 2.27. The first-order valence-electron chi connectivity index (χ1n) is 5.81. The molecular formula is C14H21N. The van der Waals surface area contributed by atoms with Gasteiger partial charge in [-0.25, -0.2) is 0 Å². The van der Waals surface area contributed by atoms with Crippen LogP contribution in [0.2, 0.25) is 0 Å².